The number of H-pyrrole nitrogens is 1. The molecule has 3 heterocycles. The number of hydrogen-bond acceptors (Lipinski definition) is 6. The van der Waals surface area contributed by atoms with Gasteiger partial charge in [0.05, 0.1) is 27.3 Å². The number of aromatic amines is 1. The van der Waals surface area contributed by atoms with Crippen LogP contribution in [-0.2, 0) is 30.8 Å². The molecular weight excluding hydrogens is 607 g/mol. The Hall–Kier alpha value is -4.08. The maximum atomic E-state index is 12.8. The Morgan fingerprint density at radius 1 is 0.956 bits per heavy atom. The van der Waals surface area contributed by atoms with Gasteiger partial charge in [-0.15, -0.1) is 0 Å². The molecule has 0 saturated carbocycles. The van der Waals surface area contributed by atoms with Gasteiger partial charge in [-0.2, -0.15) is 0 Å². The van der Waals surface area contributed by atoms with Crippen molar-refractivity contribution in [2.45, 2.75) is 44.9 Å². The van der Waals surface area contributed by atoms with Crippen molar-refractivity contribution in [2.24, 2.45) is 0 Å². The second-order valence-electron chi connectivity index (χ2n) is 10.9. The van der Waals surface area contributed by atoms with Crippen LogP contribution in [0.5, 0.6) is 0 Å². The number of aromatic nitrogens is 4. The Morgan fingerprint density at radius 3 is 2.49 bits per heavy atom. The fourth-order valence-corrected chi connectivity index (χ4v) is 6.13. The van der Waals surface area contributed by atoms with Crippen molar-refractivity contribution in [2.75, 3.05) is 14.2 Å². The number of nitrogens with one attached hydrogen (secondary N) is 2. The van der Waals surface area contributed by atoms with E-state index in [4.69, 9.17) is 28.2 Å². The highest BCUT2D eigenvalue weighted by molar-refractivity contribution is 6.39. The first kappa shape index (κ1) is 32.3. The number of aryl methyl sites for hydroxylation is 1. The molecule has 0 fully saturated rings. The first-order valence-corrected chi connectivity index (χ1v) is 15.5. The summed E-state index contributed by atoms with van der Waals surface area (Å²) in [6, 6.07) is 22.8. The zero-order valence-electron chi connectivity index (χ0n) is 25.3. The van der Waals surface area contributed by atoms with E-state index in [0.29, 0.717) is 19.6 Å². The number of carbonyl (C=O) groups excluding carboxylic acids is 1. The van der Waals surface area contributed by atoms with Crippen molar-refractivity contribution in [1.29, 1.82) is 0 Å². The Balaban J connectivity index is 0.00000128. The Labute approximate surface area is 273 Å². The predicted molar refractivity (Wildman–Crippen MR) is 178 cm³/mol. The third kappa shape index (κ3) is 8.35. The first-order valence-electron chi connectivity index (χ1n) is 14.8. The van der Waals surface area contributed by atoms with E-state index in [0.717, 1.165) is 53.2 Å². The minimum atomic E-state index is -0.335. The number of benzene rings is 2. The molecule has 0 aliphatic heterocycles. The molecule has 1 aliphatic carbocycles. The van der Waals surface area contributed by atoms with Crippen LogP contribution in [0.25, 0.3) is 11.4 Å². The summed E-state index contributed by atoms with van der Waals surface area (Å²) < 4.78 is 4.25. The molecule has 1 aliphatic rings. The van der Waals surface area contributed by atoms with Gasteiger partial charge in [0.2, 0.25) is 0 Å². The van der Waals surface area contributed by atoms with Crippen LogP contribution < -0.4 is 5.32 Å². The number of rotatable bonds is 9. The quantitative estimate of drug-likeness (QED) is 0.173. The van der Waals surface area contributed by atoms with Gasteiger partial charge in [-0.1, -0.05) is 83.9 Å². The Morgan fingerprint density at radius 2 is 1.71 bits per heavy atom. The summed E-state index contributed by atoms with van der Waals surface area (Å²) in [5, 5.41) is 3.38. The highest BCUT2D eigenvalue weighted by Crippen LogP contribution is 2.35. The second kappa shape index (κ2) is 15.8. The highest BCUT2D eigenvalue weighted by atomic mass is 35.5. The summed E-state index contributed by atoms with van der Waals surface area (Å²) >= 11 is 12.4. The van der Waals surface area contributed by atoms with Crippen molar-refractivity contribution in [1.82, 2.24) is 30.2 Å². The van der Waals surface area contributed by atoms with Crippen LogP contribution in [0, 0.1) is 0 Å². The predicted octanol–water partition coefficient (Wildman–Crippen LogP) is 7.45. The number of hydrogen-bond donors (Lipinski definition) is 2. The first-order chi connectivity index (χ1) is 22.0. The molecule has 5 aromatic rings. The standard InChI is InChI=1S/C33H30Cl2N6O.C2H6O/c34-27-18-36-19-28(35)30(27)33(42)39-16-22-7-4-8-23(15-22)20-41(29-13-5-11-24-12-6-14-37-31(24)29)21-26-17-38-32(40-26)25-9-2-1-3-10-25;1-3-2/h1-4,6-10,12,14-15,17-19,29H,5,11,13,16,20-21H2,(H,38,40)(H,39,42);1-2H3. The number of fused-ring (bicyclic) bond motifs is 1. The number of nitrogens with zero attached hydrogens (tertiary/aromatic N) is 4. The lowest BCUT2D eigenvalue weighted by molar-refractivity contribution is 0.0951. The number of pyridine rings is 2. The lowest BCUT2D eigenvalue weighted by atomic mass is 9.90. The molecule has 1 amide bonds. The fourth-order valence-electron chi connectivity index (χ4n) is 5.59. The molecule has 2 N–H and O–H groups in total. The van der Waals surface area contributed by atoms with Crippen LogP contribution in [0.15, 0.2) is 91.5 Å². The third-order valence-corrected chi connectivity index (χ3v) is 8.14. The van der Waals surface area contributed by atoms with E-state index in [2.05, 4.69) is 60.2 Å². The van der Waals surface area contributed by atoms with E-state index < -0.39 is 0 Å². The number of imidazole rings is 1. The largest absolute Gasteiger partial charge is 0.388 e. The average molecular weight is 644 g/mol. The molecule has 3 aromatic heterocycles. The van der Waals surface area contributed by atoms with Gasteiger partial charge in [-0.05, 0) is 42.0 Å². The van der Waals surface area contributed by atoms with E-state index in [1.165, 1.54) is 18.0 Å². The van der Waals surface area contributed by atoms with Crippen LogP contribution in [-0.4, -0.2) is 45.0 Å². The zero-order chi connectivity index (χ0) is 31.6. The molecule has 0 spiro atoms. The monoisotopic (exact) mass is 642 g/mol. The van der Waals surface area contributed by atoms with Crippen LogP contribution in [0.4, 0.5) is 0 Å². The molecule has 232 valence electrons. The van der Waals surface area contributed by atoms with E-state index in [9.17, 15) is 4.79 Å². The lowest BCUT2D eigenvalue weighted by Crippen LogP contribution is -2.31. The number of ether oxygens (including phenoxy) is 1. The van der Waals surface area contributed by atoms with Gasteiger partial charge in [-0.3, -0.25) is 19.7 Å². The molecule has 6 rings (SSSR count). The van der Waals surface area contributed by atoms with E-state index >= 15 is 0 Å². The number of methoxy groups -OCH3 is 1. The molecule has 10 heteroatoms. The zero-order valence-corrected chi connectivity index (χ0v) is 26.9. The Kier molecular flexibility index (Phi) is 11.3. The van der Waals surface area contributed by atoms with Gasteiger partial charge in [0.1, 0.15) is 5.82 Å². The minimum absolute atomic E-state index is 0.178. The van der Waals surface area contributed by atoms with E-state index in [-0.39, 0.29) is 27.6 Å². The van der Waals surface area contributed by atoms with Gasteiger partial charge in [0, 0.05) is 69.9 Å². The van der Waals surface area contributed by atoms with Crippen molar-refractivity contribution in [3.63, 3.8) is 0 Å². The van der Waals surface area contributed by atoms with Gasteiger partial charge in [0.25, 0.3) is 5.91 Å². The molecule has 45 heavy (non-hydrogen) atoms. The maximum Gasteiger partial charge on any atom is 0.254 e. The summed E-state index contributed by atoms with van der Waals surface area (Å²) in [5.41, 5.74) is 6.94. The number of halogens is 2. The third-order valence-electron chi connectivity index (χ3n) is 7.57. The van der Waals surface area contributed by atoms with E-state index in [1.54, 1.807) is 14.2 Å². The summed E-state index contributed by atoms with van der Waals surface area (Å²) in [6.45, 7) is 1.75. The Bertz CT molecular complexity index is 1690. The van der Waals surface area contributed by atoms with Crippen molar-refractivity contribution in [3.8, 4) is 11.4 Å². The molecule has 0 saturated heterocycles. The minimum Gasteiger partial charge on any atom is -0.388 e. The summed E-state index contributed by atoms with van der Waals surface area (Å²) in [4.78, 5) is 32.2. The molecule has 0 radical (unpaired) electrons. The lowest BCUT2D eigenvalue weighted by Gasteiger charge is -2.35. The number of amides is 1. The normalized spacial score (nSPS) is 13.9. The van der Waals surface area contributed by atoms with Gasteiger partial charge in [-0.25, -0.2) is 4.98 Å². The molecule has 1 unspecified atom stereocenters. The van der Waals surface area contributed by atoms with Crippen molar-refractivity contribution in [3.05, 3.63) is 135 Å². The molecule has 0 bridgehead atoms. The second-order valence-corrected chi connectivity index (χ2v) is 11.7. The molecular formula is C35H36Cl2N6O2. The van der Waals surface area contributed by atoms with Crippen LogP contribution >= 0.6 is 23.2 Å². The molecule has 2 aromatic carbocycles. The van der Waals surface area contributed by atoms with Crippen molar-refractivity contribution < 1.29 is 9.53 Å². The summed E-state index contributed by atoms with van der Waals surface area (Å²) in [7, 11) is 3.25. The summed E-state index contributed by atoms with van der Waals surface area (Å²) in [5.74, 6) is 0.526. The molecule has 8 nitrogen and oxygen atoms in total. The van der Waals surface area contributed by atoms with E-state index in [1.807, 2.05) is 48.8 Å². The maximum absolute atomic E-state index is 12.8. The summed E-state index contributed by atoms with van der Waals surface area (Å²) in [6.07, 6.45) is 9.85. The fraction of sp³-hybridized carbons (Fsp3) is 0.257. The number of carbonyl (C=O) groups is 1. The van der Waals surface area contributed by atoms with Gasteiger partial charge >= 0.3 is 0 Å². The van der Waals surface area contributed by atoms with Crippen LogP contribution in [0.1, 0.15) is 57.3 Å². The SMILES string of the molecule is COC.O=C(NCc1cccc(CN(Cc2cnc(-c3ccccc3)[nH]2)C2CCCc3cccnc32)c1)c1c(Cl)cncc1Cl. The smallest absolute Gasteiger partial charge is 0.254 e. The van der Waals surface area contributed by atoms with Crippen molar-refractivity contribution >= 4 is 29.1 Å². The highest BCUT2D eigenvalue weighted by Gasteiger charge is 2.28. The van der Waals surface area contributed by atoms with Crippen LogP contribution in [0.3, 0.4) is 0 Å². The van der Waals surface area contributed by atoms with Crippen LogP contribution in [0.2, 0.25) is 10.0 Å². The topological polar surface area (TPSA) is 96.0 Å². The average Bonchev–Trinajstić information content (AvgIpc) is 3.53. The van der Waals surface area contributed by atoms with Gasteiger partial charge < -0.3 is 15.0 Å². The molecule has 1 atom stereocenters. The van der Waals surface area contributed by atoms with Gasteiger partial charge in [0.15, 0.2) is 0 Å².